The van der Waals surface area contributed by atoms with Gasteiger partial charge in [0.1, 0.15) is 5.75 Å². The van der Waals surface area contributed by atoms with Gasteiger partial charge in [-0.15, -0.1) is 11.6 Å². The molecule has 0 aliphatic carbocycles. The lowest BCUT2D eigenvalue weighted by atomic mass is 10.0. The molecule has 0 spiro atoms. The number of methoxy groups -OCH3 is 1. The van der Waals surface area contributed by atoms with Crippen LogP contribution in [-0.4, -0.2) is 36.4 Å². The number of nitrogens with zero attached hydrogens (tertiary/aromatic N) is 1. The molecule has 3 nitrogen and oxygen atoms in total. The maximum Gasteiger partial charge on any atom is 0.257 e. The summed E-state index contributed by atoms with van der Waals surface area (Å²) in [6.45, 7) is 4.89. The molecule has 2 unspecified atom stereocenters. The first-order chi connectivity index (χ1) is 9.08. The van der Waals surface area contributed by atoms with E-state index in [4.69, 9.17) is 16.3 Å². The number of ether oxygens (including phenoxy) is 1. The van der Waals surface area contributed by atoms with Gasteiger partial charge in [-0.25, -0.2) is 0 Å². The summed E-state index contributed by atoms with van der Waals surface area (Å²) < 4.78 is 5.30. The van der Waals surface area contributed by atoms with E-state index in [0.29, 0.717) is 23.1 Å². The second kappa shape index (κ2) is 5.83. The Bertz CT molecular complexity index is 475. The van der Waals surface area contributed by atoms with Gasteiger partial charge in [-0.1, -0.05) is 18.6 Å². The summed E-state index contributed by atoms with van der Waals surface area (Å²) in [5, 5.41) is 0. The van der Waals surface area contributed by atoms with E-state index in [9.17, 15) is 4.79 Å². The Balaban J connectivity index is 2.31. The zero-order valence-electron chi connectivity index (χ0n) is 11.6. The van der Waals surface area contributed by atoms with Gasteiger partial charge in [-0.3, -0.25) is 4.79 Å². The van der Waals surface area contributed by atoms with E-state index in [1.54, 1.807) is 7.11 Å². The van der Waals surface area contributed by atoms with Crippen molar-refractivity contribution in [1.82, 2.24) is 4.90 Å². The smallest absolute Gasteiger partial charge is 0.257 e. The van der Waals surface area contributed by atoms with Crippen molar-refractivity contribution in [3.63, 3.8) is 0 Å². The third kappa shape index (κ3) is 2.71. The summed E-state index contributed by atoms with van der Waals surface area (Å²) in [5.41, 5.74) is 1.69. The highest BCUT2D eigenvalue weighted by Gasteiger charge is 2.35. The lowest BCUT2D eigenvalue weighted by Crippen LogP contribution is -2.38. The number of hydrogen-bond acceptors (Lipinski definition) is 2. The van der Waals surface area contributed by atoms with Crippen LogP contribution in [0.15, 0.2) is 18.2 Å². The van der Waals surface area contributed by atoms with E-state index in [-0.39, 0.29) is 11.9 Å². The minimum atomic E-state index is 0.0237. The monoisotopic (exact) mass is 281 g/mol. The molecule has 19 heavy (non-hydrogen) atoms. The summed E-state index contributed by atoms with van der Waals surface area (Å²) >= 11 is 6.01. The first kappa shape index (κ1) is 14.2. The molecule has 1 amide bonds. The van der Waals surface area contributed by atoms with Crippen molar-refractivity contribution in [3.8, 4) is 5.75 Å². The van der Waals surface area contributed by atoms with Crippen molar-refractivity contribution in [2.24, 2.45) is 5.92 Å². The van der Waals surface area contributed by atoms with Gasteiger partial charge in [-0.05, 0) is 31.4 Å². The van der Waals surface area contributed by atoms with Crippen LogP contribution in [0.2, 0.25) is 0 Å². The quantitative estimate of drug-likeness (QED) is 0.797. The number of hydrogen-bond donors (Lipinski definition) is 0. The van der Waals surface area contributed by atoms with Crippen LogP contribution in [0.4, 0.5) is 0 Å². The van der Waals surface area contributed by atoms with Crippen LogP contribution >= 0.6 is 11.6 Å². The number of likely N-dealkylation sites (tertiary alicyclic amines) is 1. The van der Waals surface area contributed by atoms with Gasteiger partial charge in [0, 0.05) is 18.5 Å². The molecule has 1 aliphatic heterocycles. The van der Waals surface area contributed by atoms with E-state index >= 15 is 0 Å². The maximum absolute atomic E-state index is 12.7. The molecule has 104 valence electrons. The topological polar surface area (TPSA) is 29.5 Å². The molecule has 1 aliphatic rings. The first-order valence-corrected chi connectivity index (χ1v) is 7.13. The number of aryl methyl sites for hydroxylation is 1. The number of rotatable bonds is 3. The van der Waals surface area contributed by atoms with Crippen molar-refractivity contribution in [1.29, 1.82) is 0 Å². The molecular formula is C15H20ClNO2. The minimum absolute atomic E-state index is 0.0237. The second-order valence-corrected chi connectivity index (χ2v) is 5.50. The molecule has 1 fully saturated rings. The van der Waals surface area contributed by atoms with Gasteiger partial charge in [-0.2, -0.15) is 0 Å². The van der Waals surface area contributed by atoms with Crippen LogP contribution in [-0.2, 0) is 0 Å². The van der Waals surface area contributed by atoms with Crippen molar-refractivity contribution in [2.75, 3.05) is 19.5 Å². The van der Waals surface area contributed by atoms with E-state index < -0.39 is 0 Å². The standard InChI is InChI=1S/C15H20ClNO2/c1-10-4-5-14(19-3)12(8-10)15(18)17-7-6-11(2)13(17)9-16/h4-5,8,11,13H,6-7,9H2,1-3H3. The Labute approximate surface area is 119 Å². The van der Waals surface area contributed by atoms with Crippen molar-refractivity contribution in [3.05, 3.63) is 29.3 Å². The zero-order chi connectivity index (χ0) is 14.0. The van der Waals surface area contributed by atoms with Crippen LogP contribution in [0.1, 0.15) is 29.3 Å². The van der Waals surface area contributed by atoms with E-state index in [1.807, 2.05) is 30.0 Å². The van der Waals surface area contributed by atoms with Crippen molar-refractivity contribution >= 4 is 17.5 Å². The van der Waals surface area contributed by atoms with Crippen molar-refractivity contribution < 1.29 is 9.53 Å². The molecule has 1 heterocycles. The Morgan fingerprint density at radius 1 is 1.53 bits per heavy atom. The Hall–Kier alpha value is -1.22. The van der Waals surface area contributed by atoms with Gasteiger partial charge in [0.25, 0.3) is 5.91 Å². The molecule has 1 aromatic rings. The Morgan fingerprint density at radius 3 is 2.89 bits per heavy atom. The third-order valence-corrected chi connectivity index (χ3v) is 4.20. The average Bonchev–Trinajstić information content (AvgIpc) is 2.78. The molecule has 2 rings (SSSR count). The predicted octanol–water partition coefficient (Wildman–Crippen LogP) is 3.09. The normalized spacial score (nSPS) is 22.6. The van der Waals surface area contributed by atoms with Crippen LogP contribution in [0.3, 0.4) is 0 Å². The zero-order valence-corrected chi connectivity index (χ0v) is 12.4. The number of carbonyl (C=O) groups excluding carboxylic acids is 1. The molecule has 2 atom stereocenters. The molecule has 4 heteroatoms. The fourth-order valence-corrected chi connectivity index (χ4v) is 3.11. The van der Waals surface area contributed by atoms with Gasteiger partial charge in [0.15, 0.2) is 0 Å². The summed E-state index contributed by atoms with van der Waals surface area (Å²) in [7, 11) is 1.59. The van der Waals surface area contributed by atoms with E-state index in [2.05, 4.69) is 6.92 Å². The highest BCUT2D eigenvalue weighted by atomic mass is 35.5. The van der Waals surface area contributed by atoms with Gasteiger partial charge in [0.05, 0.1) is 12.7 Å². The molecule has 1 saturated heterocycles. The molecule has 0 radical (unpaired) electrons. The highest BCUT2D eigenvalue weighted by molar-refractivity contribution is 6.18. The second-order valence-electron chi connectivity index (χ2n) is 5.19. The molecule has 0 bridgehead atoms. The Kier molecular flexibility index (Phi) is 4.35. The lowest BCUT2D eigenvalue weighted by Gasteiger charge is -2.26. The summed E-state index contributed by atoms with van der Waals surface area (Å²) in [4.78, 5) is 14.6. The van der Waals surface area contributed by atoms with Crippen molar-refractivity contribution in [2.45, 2.75) is 26.3 Å². The molecule has 0 aromatic heterocycles. The summed E-state index contributed by atoms with van der Waals surface area (Å²) in [6.07, 6.45) is 1.01. The molecule has 0 saturated carbocycles. The first-order valence-electron chi connectivity index (χ1n) is 6.60. The fourth-order valence-electron chi connectivity index (χ4n) is 2.64. The van der Waals surface area contributed by atoms with Crippen LogP contribution in [0.5, 0.6) is 5.75 Å². The SMILES string of the molecule is COc1ccc(C)cc1C(=O)N1CCC(C)C1CCl. The highest BCUT2D eigenvalue weighted by Crippen LogP contribution is 2.29. The van der Waals surface area contributed by atoms with Crippen LogP contribution in [0, 0.1) is 12.8 Å². The number of alkyl halides is 1. The van der Waals surface area contributed by atoms with Gasteiger partial charge < -0.3 is 9.64 Å². The largest absolute Gasteiger partial charge is 0.496 e. The van der Waals surface area contributed by atoms with Crippen LogP contribution < -0.4 is 4.74 Å². The van der Waals surface area contributed by atoms with Gasteiger partial charge in [0.2, 0.25) is 0 Å². The number of amides is 1. The maximum atomic E-state index is 12.7. The fraction of sp³-hybridized carbons (Fsp3) is 0.533. The lowest BCUT2D eigenvalue weighted by molar-refractivity contribution is 0.0733. The predicted molar refractivity (Wildman–Crippen MR) is 77.1 cm³/mol. The third-order valence-electron chi connectivity index (χ3n) is 3.89. The van der Waals surface area contributed by atoms with E-state index in [1.165, 1.54) is 0 Å². The number of benzene rings is 1. The summed E-state index contributed by atoms with van der Waals surface area (Å²) in [6, 6.07) is 5.80. The average molecular weight is 282 g/mol. The van der Waals surface area contributed by atoms with Crippen LogP contribution in [0.25, 0.3) is 0 Å². The van der Waals surface area contributed by atoms with E-state index in [0.717, 1.165) is 18.5 Å². The summed E-state index contributed by atoms with van der Waals surface area (Å²) in [5.74, 6) is 1.59. The van der Waals surface area contributed by atoms with Gasteiger partial charge >= 0.3 is 0 Å². The number of carbonyl (C=O) groups is 1. The molecule has 0 N–H and O–H groups in total. The minimum Gasteiger partial charge on any atom is -0.496 e. The Morgan fingerprint density at radius 2 is 2.26 bits per heavy atom. The molecular weight excluding hydrogens is 262 g/mol. The number of halogens is 1. The molecule has 1 aromatic carbocycles.